The molecule has 1 amide bonds. The van der Waals surface area contributed by atoms with Gasteiger partial charge in [0, 0.05) is 26.2 Å². The summed E-state index contributed by atoms with van der Waals surface area (Å²) in [6.45, 7) is 11.7. The van der Waals surface area contributed by atoms with Gasteiger partial charge >= 0.3 is 0 Å². The molecule has 0 spiro atoms. The molecule has 16 heavy (non-hydrogen) atoms. The zero-order valence-corrected chi connectivity index (χ0v) is 10.2. The van der Waals surface area contributed by atoms with E-state index in [4.69, 9.17) is 0 Å². The second kappa shape index (κ2) is 7.41. The molecule has 0 saturated carbocycles. The molecule has 1 heterocycles. The molecule has 0 aliphatic carbocycles. The monoisotopic (exact) mass is 225 g/mol. The smallest absolute Gasteiger partial charge is 0.237 e. The van der Waals surface area contributed by atoms with Gasteiger partial charge in [-0.25, -0.2) is 0 Å². The number of nitrogens with zero attached hydrogens (tertiary/aromatic N) is 2. The lowest BCUT2D eigenvalue weighted by molar-refractivity contribution is -0.131. The molecular formula is C12H23N3O. The van der Waals surface area contributed by atoms with E-state index in [1.165, 1.54) is 0 Å². The zero-order chi connectivity index (χ0) is 11.8. The molecule has 0 aromatic heterocycles. The third-order valence-electron chi connectivity index (χ3n) is 2.88. The normalized spacial score (nSPS) is 17.8. The summed E-state index contributed by atoms with van der Waals surface area (Å²) in [5, 5.41) is 3.34. The molecule has 1 rings (SSSR count). The van der Waals surface area contributed by atoms with Crippen LogP contribution in [-0.4, -0.2) is 61.5 Å². The van der Waals surface area contributed by atoms with Crippen molar-refractivity contribution < 1.29 is 4.79 Å². The van der Waals surface area contributed by atoms with Crippen LogP contribution in [0.2, 0.25) is 0 Å². The van der Waals surface area contributed by atoms with Crippen molar-refractivity contribution in [2.45, 2.75) is 13.3 Å². The number of amides is 1. The number of hydrogen-bond acceptors (Lipinski definition) is 3. The minimum Gasteiger partial charge on any atom is -0.338 e. The van der Waals surface area contributed by atoms with E-state index < -0.39 is 0 Å². The van der Waals surface area contributed by atoms with Crippen LogP contribution in [0.25, 0.3) is 0 Å². The van der Waals surface area contributed by atoms with Crippen molar-refractivity contribution in [3.63, 3.8) is 0 Å². The van der Waals surface area contributed by atoms with Crippen LogP contribution in [0.1, 0.15) is 13.3 Å². The molecule has 1 fully saturated rings. The summed E-state index contributed by atoms with van der Waals surface area (Å²) < 4.78 is 0. The van der Waals surface area contributed by atoms with E-state index in [0.717, 1.165) is 39.1 Å². The Morgan fingerprint density at radius 2 is 2.31 bits per heavy atom. The van der Waals surface area contributed by atoms with Gasteiger partial charge in [0.05, 0.1) is 6.54 Å². The van der Waals surface area contributed by atoms with Crippen LogP contribution in [0, 0.1) is 0 Å². The number of rotatable bonds is 5. The first kappa shape index (κ1) is 13.2. The molecule has 1 aliphatic rings. The predicted molar refractivity (Wildman–Crippen MR) is 66.4 cm³/mol. The van der Waals surface area contributed by atoms with Crippen molar-refractivity contribution in [3.05, 3.63) is 12.7 Å². The van der Waals surface area contributed by atoms with Gasteiger partial charge in [-0.1, -0.05) is 6.08 Å². The Bertz CT molecular complexity index is 222. The van der Waals surface area contributed by atoms with Crippen LogP contribution in [0.15, 0.2) is 12.7 Å². The van der Waals surface area contributed by atoms with Gasteiger partial charge in [-0.05, 0) is 26.4 Å². The number of carbonyl (C=O) groups excluding carboxylic acids is 1. The van der Waals surface area contributed by atoms with Crippen molar-refractivity contribution in [1.82, 2.24) is 15.1 Å². The Balaban J connectivity index is 2.38. The molecule has 0 bridgehead atoms. The van der Waals surface area contributed by atoms with Crippen LogP contribution in [-0.2, 0) is 4.79 Å². The first-order valence-corrected chi connectivity index (χ1v) is 6.09. The summed E-state index contributed by atoms with van der Waals surface area (Å²) in [5.41, 5.74) is 0. The summed E-state index contributed by atoms with van der Waals surface area (Å²) in [7, 11) is 0. The Morgan fingerprint density at radius 1 is 1.50 bits per heavy atom. The second-order valence-electron chi connectivity index (χ2n) is 4.10. The van der Waals surface area contributed by atoms with E-state index >= 15 is 0 Å². The van der Waals surface area contributed by atoms with E-state index in [0.29, 0.717) is 13.1 Å². The molecule has 0 unspecified atom stereocenters. The number of carbonyl (C=O) groups is 1. The average Bonchev–Trinajstić information content (AvgIpc) is 2.54. The lowest BCUT2D eigenvalue weighted by atomic mass is 10.3. The Morgan fingerprint density at radius 3 is 3.00 bits per heavy atom. The van der Waals surface area contributed by atoms with Gasteiger partial charge in [-0.3, -0.25) is 9.69 Å². The quantitative estimate of drug-likeness (QED) is 0.684. The second-order valence-corrected chi connectivity index (χ2v) is 4.10. The van der Waals surface area contributed by atoms with E-state index in [1.54, 1.807) is 6.08 Å². The van der Waals surface area contributed by atoms with Crippen molar-refractivity contribution in [2.75, 3.05) is 45.8 Å². The highest BCUT2D eigenvalue weighted by Gasteiger charge is 2.16. The standard InChI is InChI=1S/C12H23N3O/c1-3-8-15(4-2)12(16)11-14-9-5-6-13-7-10-14/h3,13H,1,4-11H2,2H3. The van der Waals surface area contributed by atoms with Crippen molar-refractivity contribution in [1.29, 1.82) is 0 Å². The molecule has 0 atom stereocenters. The summed E-state index contributed by atoms with van der Waals surface area (Å²) in [6.07, 6.45) is 2.91. The highest BCUT2D eigenvalue weighted by molar-refractivity contribution is 5.78. The lowest BCUT2D eigenvalue weighted by Crippen LogP contribution is -2.41. The van der Waals surface area contributed by atoms with E-state index in [1.807, 2.05) is 11.8 Å². The number of hydrogen-bond donors (Lipinski definition) is 1. The summed E-state index contributed by atoms with van der Waals surface area (Å²) in [6, 6.07) is 0. The molecule has 0 aromatic carbocycles. The van der Waals surface area contributed by atoms with Crippen molar-refractivity contribution in [3.8, 4) is 0 Å². The Hall–Kier alpha value is -0.870. The minimum absolute atomic E-state index is 0.212. The fraction of sp³-hybridized carbons (Fsp3) is 0.750. The molecule has 1 saturated heterocycles. The highest BCUT2D eigenvalue weighted by atomic mass is 16.2. The molecular weight excluding hydrogens is 202 g/mol. The van der Waals surface area contributed by atoms with Crippen molar-refractivity contribution in [2.24, 2.45) is 0 Å². The number of nitrogens with one attached hydrogen (secondary N) is 1. The molecule has 92 valence electrons. The predicted octanol–water partition coefficient (Wildman–Crippen LogP) is 0.316. The third kappa shape index (κ3) is 4.33. The van der Waals surface area contributed by atoms with Crippen LogP contribution in [0.4, 0.5) is 0 Å². The maximum Gasteiger partial charge on any atom is 0.237 e. The largest absolute Gasteiger partial charge is 0.338 e. The van der Waals surface area contributed by atoms with E-state index in [9.17, 15) is 4.79 Å². The minimum atomic E-state index is 0.212. The fourth-order valence-corrected chi connectivity index (χ4v) is 1.91. The van der Waals surface area contributed by atoms with Gasteiger partial charge in [-0.2, -0.15) is 0 Å². The Labute approximate surface area is 98.3 Å². The topological polar surface area (TPSA) is 35.6 Å². The van der Waals surface area contributed by atoms with Crippen LogP contribution < -0.4 is 5.32 Å². The zero-order valence-electron chi connectivity index (χ0n) is 10.2. The first-order valence-electron chi connectivity index (χ1n) is 6.09. The Kier molecular flexibility index (Phi) is 6.11. The van der Waals surface area contributed by atoms with Crippen molar-refractivity contribution >= 4 is 5.91 Å². The summed E-state index contributed by atoms with van der Waals surface area (Å²) in [5.74, 6) is 0.212. The van der Waals surface area contributed by atoms with Gasteiger partial charge in [0.15, 0.2) is 0 Å². The summed E-state index contributed by atoms with van der Waals surface area (Å²) in [4.78, 5) is 16.0. The maximum absolute atomic E-state index is 12.0. The molecule has 4 nitrogen and oxygen atoms in total. The molecule has 0 radical (unpaired) electrons. The lowest BCUT2D eigenvalue weighted by Gasteiger charge is -2.24. The van der Waals surface area contributed by atoms with Crippen LogP contribution in [0.3, 0.4) is 0 Å². The van der Waals surface area contributed by atoms with Gasteiger partial charge in [0.25, 0.3) is 0 Å². The van der Waals surface area contributed by atoms with E-state index in [2.05, 4.69) is 16.8 Å². The van der Waals surface area contributed by atoms with Gasteiger partial charge in [0.2, 0.25) is 5.91 Å². The van der Waals surface area contributed by atoms with Gasteiger partial charge < -0.3 is 10.2 Å². The molecule has 0 aromatic rings. The molecule has 1 aliphatic heterocycles. The SMILES string of the molecule is C=CCN(CC)C(=O)CN1CCCNCC1. The summed E-state index contributed by atoms with van der Waals surface area (Å²) >= 11 is 0. The fourth-order valence-electron chi connectivity index (χ4n) is 1.91. The van der Waals surface area contributed by atoms with Gasteiger partial charge in [0.1, 0.15) is 0 Å². The van der Waals surface area contributed by atoms with Crippen LogP contribution >= 0.6 is 0 Å². The van der Waals surface area contributed by atoms with E-state index in [-0.39, 0.29) is 5.91 Å². The number of likely N-dealkylation sites (N-methyl/N-ethyl adjacent to an activating group) is 1. The maximum atomic E-state index is 12.0. The van der Waals surface area contributed by atoms with Gasteiger partial charge in [-0.15, -0.1) is 6.58 Å². The average molecular weight is 225 g/mol. The first-order chi connectivity index (χ1) is 7.77. The van der Waals surface area contributed by atoms with Crippen LogP contribution in [0.5, 0.6) is 0 Å². The molecule has 4 heteroatoms. The highest BCUT2D eigenvalue weighted by Crippen LogP contribution is 1.98. The molecule has 1 N–H and O–H groups in total. The third-order valence-corrected chi connectivity index (χ3v) is 2.88.